The molecular formula is C23H28N4O2. The Kier molecular flexibility index (Phi) is 5.53. The van der Waals surface area contributed by atoms with Gasteiger partial charge in [-0.2, -0.15) is 0 Å². The zero-order valence-electron chi connectivity index (χ0n) is 17.0. The lowest BCUT2D eigenvalue weighted by Crippen LogP contribution is -2.38. The van der Waals surface area contributed by atoms with Gasteiger partial charge in [0, 0.05) is 36.8 Å². The molecular weight excluding hydrogens is 364 g/mol. The number of benzene rings is 1. The number of carbonyl (C=O) groups is 1. The molecule has 1 saturated heterocycles. The summed E-state index contributed by atoms with van der Waals surface area (Å²) in [6.07, 6.45) is 6.00. The molecule has 0 unspecified atom stereocenters. The van der Waals surface area contributed by atoms with Gasteiger partial charge in [0.2, 0.25) is 5.91 Å². The Morgan fingerprint density at radius 2 is 2.10 bits per heavy atom. The third-order valence-corrected chi connectivity index (χ3v) is 5.70. The van der Waals surface area contributed by atoms with Crippen molar-refractivity contribution < 1.29 is 9.53 Å². The molecule has 3 heterocycles. The zero-order chi connectivity index (χ0) is 20.3. The second-order valence-electron chi connectivity index (χ2n) is 8.19. The molecule has 29 heavy (non-hydrogen) atoms. The number of aromatic nitrogens is 2. The molecule has 3 N–H and O–H groups in total. The van der Waals surface area contributed by atoms with Crippen LogP contribution >= 0.6 is 0 Å². The Bertz CT molecular complexity index is 1010. The lowest BCUT2D eigenvalue weighted by Gasteiger charge is -2.33. The molecule has 0 spiro atoms. The zero-order valence-corrected chi connectivity index (χ0v) is 17.0. The molecule has 1 aromatic carbocycles. The van der Waals surface area contributed by atoms with E-state index >= 15 is 0 Å². The van der Waals surface area contributed by atoms with E-state index in [1.807, 2.05) is 24.4 Å². The molecule has 2 aromatic heterocycles. The number of hydrogen-bond donors (Lipinski definition) is 3. The molecule has 0 atom stereocenters. The van der Waals surface area contributed by atoms with Gasteiger partial charge in [0.05, 0.1) is 12.0 Å². The van der Waals surface area contributed by atoms with Crippen LogP contribution in [0.5, 0.6) is 5.75 Å². The second kappa shape index (κ2) is 8.25. The van der Waals surface area contributed by atoms with Gasteiger partial charge in [-0.05, 0) is 49.2 Å². The molecule has 4 rings (SSSR count). The normalized spacial score (nSPS) is 15.9. The number of fused-ring (bicyclic) bond motifs is 1. The number of rotatable bonds is 6. The average Bonchev–Trinajstić information content (AvgIpc) is 3.16. The Labute approximate surface area is 171 Å². The van der Waals surface area contributed by atoms with Crippen molar-refractivity contribution in [3.63, 3.8) is 0 Å². The van der Waals surface area contributed by atoms with Gasteiger partial charge in [-0.15, -0.1) is 0 Å². The minimum Gasteiger partial charge on any atom is -0.492 e. The maximum Gasteiger partial charge on any atom is 0.217 e. The molecule has 0 radical (unpaired) electrons. The molecule has 0 bridgehead atoms. The largest absolute Gasteiger partial charge is 0.492 e. The van der Waals surface area contributed by atoms with Crippen LogP contribution in [0.15, 0.2) is 42.7 Å². The van der Waals surface area contributed by atoms with E-state index in [0.717, 1.165) is 59.4 Å². The van der Waals surface area contributed by atoms with Crippen LogP contribution in [0.25, 0.3) is 22.2 Å². The second-order valence-corrected chi connectivity index (χ2v) is 8.19. The highest BCUT2D eigenvalue weighted by Gasteiger charge is 2.28. The summed E-state index contributed by atoms with van der Waals surface area (Å²) in [5, 5.41) is 7.28. The van der Waals surface area contributed by atoms with Crippen LogP contribution in [-0.2, 0) is 11.3 Å². The quantitative estimate of drug-likeness (QED) is 0.598. The molecule has 3 aromatic rings. The summed E-state index contributed by atoms with van der Waals surface area (Å²) in [4.78, 5) is 19.0. The number of amides is 1. The number of nitrogens with one attached hydrogen (secondary N) is 3. The number of hydrogen-bond acceptors (Lipinski definition) is 4. The van der Waals surface area contributed by atoms with Crippen molar-refractivity contribution in [3.8, 4) is 16.9 Å². The summed E-state index contributed by atoms with van der Waals surface area (Å²) < 4.78 is 6.35. The first-order valence-electron chi connectivity index (χ1n) is 10.2. The SMILES string of the molecule is CC(=O)NCc1cccc(-c2c[nH]c3nccc(OCC4(C)CCNCC4)c23)c1. The van der Waals surface area contributed by atoms with E-state index in [4.69, 9.17) is 4.74 Å². The van der Waals surface area contributed by atoms with Gasteiger partial charge in [0.1, 0.15) is 11.4 Å². The number of nitrogens with zero attached hydrogens (tertiary/aromatic N) is 1. The minimum absolute atomic E-state index is 0.0335. The van der Waals surface area contributed by atoms with Crippen LogP contribution in [-0.4, -0.2) is 35.6 Å². The molecule has 0 saturated carbocycles. The third kappa shape index (κ3) is 4.43. The summed E-state index contributed by atoms with van der Waals surface area (Å²) in [5.74, 6) is 0.826. The maximum absolute atomic E-state index is 11.2. The highest BCUT2D eigenvalue weighted by Crippen LogP contribution is 2.36. The topological polar surface area (TPSA) is 79.0 Å². The van der Waals surface area contributed by atoms with Crippen molar-refractivity contribution in [2.24, 2.45) is 5.41 Å². The fraction of sp³-hybridized carbons (Fsp3) is 0.391. The molecule has 6 nitrogen and oxygen atoms in total. The Balaban J connectivity index is 1.63. The number of piperidine rings is 1. The third-order valence-electron chi connectivity index (χ3n) is 5.70. The van der Waals surface area contributed by atoms with Crippen LogP contribution in [0.1, 0.15) is 32.3 Å². The summed E-state index contributed by atoms with van der Waals surface area (Å²) in [6.45, 7) is 7.13. The lowest BCUT2D eigenvalue weighted by atomic mass is 9.82. The standard InChI is InChI=1S/C23H28N4O2/c1-16(28)26-13-17-4-3-5-18(12-17)19-14-27-22-21(19)20(6-9-25-22)29-15-23(2)7-10-24-11-8-23/h3-6,9,12,14,24H,7-8,10-11,13,15H2,1-2H3,(H,25,27)(H,26,28). The first-order valence-corrected chi connectivity index (χ1v) is 10.2. The van der Waals surface area contributed by atoms with E-state index in [9.17, 15) is 4.79 Å². The average molecular weight is 393 g/mol. The van der Waals surface area contributed by atoms with Crippen molar-refractivity contribution in [1.82, 2.24) is 20.6 Å². The van der Waals surface area contributed by atoms with Crippen LogP contribution in [0, 0.1) is 5.41 Å². The Morgan fingerprint density at radius 3 is 2.90 bits per heavy atom. The minimum atomic E-state index is -0.0335. The molecule has 0 aliphatic carbocycles. The van der Waals surface area contributed by atoms with Crippen LogP contribution in [0.3, 0.4) is 0 Å². The predicted octanol–water partition coefficient (Wildman–Crippen LogP) is 3.63. The van der Waals surface area contributed by atoms with Crippen molar-refractivity contribution >= 4 is 16.9 Å². The highest BCUT2D eigenvalue weighted by atomic mass is 16.5. The molecule has 1 aliphatic rings. The van der Waals surface area contributed by atoms with E-state index in [0.29, 0.717) is 13.2 Å². The van der Waals surface area contributed by atoms with Crippen molar-refractivity contribution in [1.29, 1.82) is 0 Å². The first kappa shape index (κ1) is 19.5. The van der Waals surface area contributed by atoms with Gasteiger partial charge >= 0.3 is 0 Å². The number of H-pyrrole nitrogens is 1. The number of aromatic amines is 1. The Morgan fingerprint density at radius 1 is 1.28 bits per heavy atom. The van der Waals surface area contributed by atoms with Gasteiger partial charge in [-0.3, -0.25) is 4.79 Å². The van der Waals surface area contributed by atoms with E-state index < -0.39 is 0 Å². The van der Waals surface area contributed by atoms with Gasteiger partial charge in [0.15, 0.2) is 0 Å². The molecule has 152 valence electrons. The maximum atomic E-state index is 11.2. The summed E-state index contributed by atoms with van der Waals surface area (Å²) in [6, 6.07) is 10.2. The fourth-order valence-electron chi connectivity index (χ4n) is 3.88. The summed E-state index contributed by atoms with van der Waals surface area (Å²) in [5.41, 5.74) is 4.20. The predicted molar refractivity (Wildman–Crippen MR) is 115 cm³/mol. The Hall–Kier alpha value is -2.86. The van der Waals surface area contributed by atoms with Crippen molar-refractivity contribution in [2.75, 3.05) is 19.7 Å². The number of ether oxygens (including phenoxy) is 1. The fourth-order valence-corrected chi connectivity index (χ4v) is 3.88. The smallest absolute Gasteiger partial charge is 0.217 e. The van der Waals surface area contributed by atoms with Crippen LogP contribution in [0.2, 0.25) is 0 Å². The van der Waals surface area contributed by atoms with E-state index in [1.165, 1.54) is 6.92 Å². The van der Waals surface area contributed by atoms with Crippen molar-refractivity contribution in [3.05, 3.63) is 48.3 Å². The lowest BCUT2D eigenvalue weighted by molar-refractivity contribution is -0.119. The van der Waals surface area contributed by atoms with Gasteiger partial charge in [0.25, 0.3) is 0 Å². The van der Waals surface area contributed by atoms with Crippen LogP contribution in [0.4, 0.5) is 0 Å². The first-order chi connectivity index (χ1) is 14.0. The molecule has 1 amide bonds. The molecule has 6 heteroatoms. The van der Waals surface area contributed by atoms with Gasteiger partial charge in [-0.1, -0.05) is 25.1 Å². The van der Waals surface area contributed by atoms with E-state index in [1.54, 1.807) is 6.20 Å². The summed E-state index contributed by atoms with van der Waals surface area (Å²) >= 11 is 0. The number of carbonyl (C=O) groups excluding carboxylic acids is 1. The van der Waals surface area contributed by atoms with Gasteiger partial charge in [-0.25, -0.2) is 4.98 Å². The molecule has 1 fully saturated rings. The van der Waals surface area contributed by atoms with Gasteiger partial charge < -0.3 is 20.4 Å². The summed E-state index contributed by atoms with van der Waals surface area (Å²) in [7, 11) is 0. The monoisotopic (exact) mass is 392 g/mol. The van der Waals surface area contributed by atoms with E-state index in [2.05, 4.69) is 39.7 Å². The molecule has 1 aliphatic heterocycles. The number of pyridine rings is 1. The van der Waals surface area contributed by atoms with Crippen LogP contribution < -0.4 is 15.4 Å². The highest BCUT2D eigenvalue weighted by molar-refractivity contribution is 5.98. The van der Waals surface area contributed by atoms with Crippen molar-refractivity contribution in [2.45, 2.75) is 33.2 Å². The van der Waals surface area contributed by atoms with E-state index in [-0.39, 0.29) is 11.3 Å².